The second-order valence-corrected chi connectivity index (χ2v) is 4.90. The maximum absolute atomic E-state index is 13.2. The molecule has 5 nitrogen and oxygen atoms in total. The highest BCUT2D eigenvalue weighted by Gasteiger charge is 2.12. The van der Waals surface area contributed by atoms with Crippen molar-refractivity contribution in [2.45, 2.75) is 0 Å². The number of hydrogen-bond acceptors (Lipinski definition) is 3. The molecule has 3 rings (SSSR count). The molecule has 3 aromatic rings. The minimum Gasteiger partial charge on any atom is -0.320 e. The molecule has 1 aromatic heterocycles. The molecule has 1 amide bonds. The smallest absolute Gasteiger partial charge is 0.255 e. The molecule has 110 valence electrons. The second kappa shape index (κ2) is 5.95. The third kappa shape index (κ3) is 2.96. The van der Waals surface area contributed by atoms with Crippen LogP contribution in [-0.2, 0) is 0 Å². The van der Waals surface area contributed by atoms with Crippen LogP contribution in [0.4, 0.5) is 10.1 Å². The van der Waals surface area contributed by atoms with E-state index < -0.39 is 11.7 Å². The molecule has 0 aliphatic heterocycles. The van der Waals surface area contributed by atoms with Gasteiger partial charge in [0.25, 0.3) is 5.91 Å². The molecule has 0 saturated carbocycles. The van der Waals surface area contributed by atoms with Crippen molar-refractivity contribution in [2.24, 2.45) is 0 Å². The highest BCUT2D eigenvalue weighted by atomic mass is 35.5. The number of carbonyl (C=O) groups excluding carboxylic acids is 1. The molecule has 0 radical (unpaired) electrons. The van der Waals surface area contributed by atoms with E-state index in [0.717, 1.165) is 6.07 Å². The average Bonchev–Trinajstić information content (AvgIpc) is 3.01. The maximum atomic E-state index is 13.2. The number of carbonyl (C=O) groups is 1. The average molecular weight is 317 g/mol. The molecule has 2 aromatic carbocycles. The number of aromatic nitrogens is 3. The molecule has 1 heterocycles. The van der Waals surface area contributed by atoms with Gasteiger partial charge in [0.15, 0.2) is 0 Å². The van der Waals surface area contributed by atoms with E-state index in [0.29, 0.717) is 16.4 Å². The van der Waals surface area contributed by atoms with Crippen molar-refractivity contribution in [1.82, 2.24) is 14.8 Å². The molecule has 0 aliphatic rings. The first-order chi connectivity index (χ1) is 10.6. The predicted molar refractivity (Wildman–Crippen MR) is 80.7 cm³/mol. The zero-order chi connectivity index (χ0) is 15.5. The molecule has 0 aliphatic carbocycles. The topological polar surface area (TPSA) is 59.8 Å². The molecule has 0 unspecified atom stereocenters. The second-order valence-electron chi connectivity index (χ2n) is 4.47. The summed E-state index contributed by atoms with van der Waals surface area (Å²) < 4.78 is 14.7. The first-order valence-corrected chi connectivity index (χ1v) is 6.73. The lowest BCUT2D eigenvalue weighted by molar-refractivity contribution is 0.102. The summed E-state index contributed by atoms with van der Waals surface area (Å²) in [7, 11) is 0. The van der Waals surface area contributed by atoms with Crippen LogP contribution < -0.4 is 5.32 Å². The third-order valence-corrected chi connectivity index (χ3v) is 3.19. The van der Waals surface area contributed by atoms with Gasteiger partial charge in [0.1, 0.15) is 18.5 Å². The summed E-state index contributed by atoms with van der Waals surface area (Å²) in [6, 6.07) is 10.4. The third-order valence-electron chi connectivity index (χ3n) is 2.96. The summed E-state index contributed by atoms with van der Waals surface area (Å²) in [5.41, 5.74) is 1.27. The molecule has 7 heteroatoms. The van der Waals surface area contributed by atoms with Crippen LogP contribution in [0.25, 0.3) is 5.69 Å². The van der Waals surface area contributed by atoms with Crippen molar-refractivity contribution < 1.29 is 9.18 Å². The van der Waals surface area contributed by atoms with Gasteiger partial charge in [-0.2, -0.15) is 5.10 Å². The van der Waals surface area contributed by atoms with E-state index in [9.17, 15) is 9.18 Å². The Kier molecular flexibility index (Phi) is 3.84. The standard InChI is InChI=1S/C15H10ClFN4O/c16-11-4-5-14(21-9-18-8-19-21)13(7-11)20-15(22)10-2-1-3-12(17)6-10/h1-9H,(H,20,22). The van der Waals surface area contributed by atoms with Crippen molar-refractivity contribution in [2.75, 3.05) is 5.32 Å². The fourth-order valence-corrected chi connectivity index (χ4v) is 2.14. The molecule has 22 heavy (non-hydrogen) atoms. The van der Waals surface area contributed by atoms with Gasteiger partial charge in [-0.25, -0.2) is 14.1 Å². The van der Waals surface area contributed by atoms with Crippen LogP contribution in [0, 0.1) is 5.82 Å². The minimum absolute atomic E-state index is 0.213. The van der Waals surface area contributed by atoms with Crippen LogP contribution in [0.5, 0.6) is 0 Å². The lowest BCUT2D eigenvalue weighted by Crippen LogP contribution is -2.14. The Labute approximate surface area is 130 Å². The fourth-order valence-electron chi connectivity index (χ4n) is 1.96. The first kappa shape index (κ1) is 14.2. The largest absolute Gasteiger partial charge is 0.320 e. The highest BCUT2D eigenvalue weighted by Crippen LogP contribution is 2.24. The first-order valence-electron chi connectivity index (χ1n) is 6.35. The maximum Gasteiger partial charge on any atom is 0.255 e. The van der Waals surface area contributed by atoms with Crippen molar-refractivity contribution in [1.29, 1.82) is 0 Å². The summed E-state index contributed by atoms with van der Waals surface area (Å²) in [4.78, 5) is 16.1. The Balaban J connectivity index is 1.95. The summed E-state index contributed by atoms with van der Waals surface area (Å²) in [5.74, 6) is -0.918. The number of nitrogens with zero attached hydrogens (tertiary/aromatic N) is 3. The Hall–Kier alpha value is -2.73. The lowest BCUT2D eigenvalue weighted by Gasteiger charge is -2.11. The molecular weight excluding hydrogens is 307 g/mol. The van der Waals surface area contributed by atoms with E-state index in [2.05, 4.69) is 15.4 Å². The SMILES string of the molecule is O=C(Nc1cc(Cl)ccc1-n1cncn1)c1cccc(F)c1. The molecule has 1 N–H and O–H groups in total. The molecule has 0 atom stereocenters. The number of amides is 1. The van der Waals surface area contributed by atoms with Gasteiger partial charge in [0, 0.05) is 10.6 Å². The van der Waals surface area contributed by atoms with E-state index >= 15 is 0 Å². The normalized spacial score (nSPS) is 10.5. The number of hydrogen-bond donors (Lipinski definition) is 1. The van der Waals surface area contributed by atoms with Crippen molar-refractivity contribution >= 4 is 23.2 Å². The number of nitrogens with one attached hydrogen (secondary N) is 1. The number of anilines is 1. The Bertz CT molecular complexity index is 820. The van der Waals surface area contributed by atoms with Gasteiger partial charge in [-0.05, 0) is 36.4 Å². The zero-order valence-corrected chi connectivity index (χ0v) is 12.0. The number of benzene rings is 2. The molecule has 0 saturated heterocycles. The predicted octanol–water partition coefficient (Wildman–Crippen LogP) is 3.31. The van der Waals surface area contributed by atoms with E-state index in [1.807, 2.05) is 0 Å². The molecular formula is C15H10ClFN4O. The number of rotatable bonds is 3. The summed E-state index contributed by atoms with van der Waals surface area (Å²) >= 11 is 5.98. The van der Waals surface area contributed by atoms with Crippen molar-refractivity contribution in [3.8, 4) is 5.69 Å². The minimum atomic E-state index is -0.477. The van der Waals surface area contributed by atoms with Crippen LogP contribution >= 0.6 is 11.6 Å². The molecule has 0 bridgehead atoms. The van der Waals surface area contributed by atoms with Gasteiger partial charge >= 0.3 is 0 Å². The lowest BCUT2D eigenvalue weighted by atomic mass is 10.2. The molecule has 0 spiro atoms. The Morgan fingerprint density at radius 1 is 1.23 bits per heavy atom. The van der Waals surface area contributed by atoms with Crippen molar-refractivity contribution in [3.05, 3.63) is 71.5 Å². The van der Waals surface area contributed by atoms with Gasteiger partial charge in [-0.15, -0.1) is 0 Å². The van der Waals surface area contributed by atoms with E-state index in [4.69, 9.17) is 11.6 Å². The van der Waals surface area contributed by atoms with Crippen LogP contribution in [-0.4, -0.2) is 20.7 Å². The number of halogens is 2. The summed E-state index contributed by atoms with van der Waals surface area (Å²) in [5, 5.41) is 7.18. The van der Waals surface area contributed by atoms with Gasteiger partial charge in [-0.3, -0.25) is 4.79 Å². The van der Waals surface area contributed by atoms with Gasteiger partial charge < -0.3 is 5.32 Å². The van der Waals surface area contributed by atoms with Crippen LogP contribution in [0.1, 0.15) is 10.4 Å². The quantitative estimate of drug-likeness (QED) is 0.806. The van der Waals surface area contributed by atoms with Gasteiger partial charge in [-0.1, -0.05) is 17.7 Å². The van der Waals surface area contributed by atoms with E-state index in [-0.39, 0.29) is 5.56 Å². The fraction of sp³-hybridized carbons (Fsp3) is 0. The summed E-state index contributed by atoms with van der Waals surface area (Å²) in [6.07, 6.45) is 2.88. The van der Waals surface area contributed by atoms with E-state index in [1.54, 1.807) is 18.2 Å². The monoisotopic (exact) mass is 316 g/mol. The highest BCUT2D eigenvalue weighted by molar-refractivity contribution is 6.31. The van der Waals surface area contributed by atoms with Crippen molar-refractivity contribution in [3.63, 3.8) is 0 Å². The van der Waals surface area contributed by atoms with Crippen LogP contribution in [0.2, 0.25) is 5.02 Å². The Morgan fingerprint density at radius 2 is 2.09 bits per heavy atom. The van der Waals surface area contributed by atoms with Crippen LogP contribution in [0.3, 0.4) is 0 Å². The Morgan fingerprint density at radius 3 is 2.82 bits per heavy atom. The van der Waals surface area contributed by atoms with Gasteiger partial charge in [0.2, 0.25) is 0 Å². The molecule has 0 fully saturated rings. The zero-order valence-electron chi connectivity index (χ0n) is 11.2. The summed E-state index contributed by atoms with van der Waals surface area (Å²) in [6.45, 7) is 0. The van der Waals surface area contributed by atoms with Crippen LogP contribution in [0.15, 0.2) is 55.1 Å². The van der Waals surface area contributed by atoms with E-state index in [1.165, 1.54) is 35.5 Å². The van der Waals surface area contributed by atoms with Gasteiger partial charge in [0.05, 0.1) is 11.4 Å².